The molecule has 0 aliphatic heterocycles. The third-order valence-corrected chi connectivity index (χ3v) is 4.55. The topological polar surface area (TPSA) is 37.8 Å². The number of H-pyrrole nitrogens is 1. The summed E-state index contributed by atoms with van der Waals surface area (Å²) in [6.07, 6.45) is 5.41. The van der Waals surface area contributed by atoms with Crippen molar-refractivity contribution in [3.63, 3.8) is 0 Å². The molecule has 3 nitrogen and oxygen atoms in total. The highest BCUT2D eigenvalue weighted by Crippen LogP contribution is 2.36. The zero-order valence-electron chi connectivity index (χ0n) is 9.31. The van der Waals surface area contributed by atoms with Crippen molar-refractivity contribution in [1.82, 2.24) is 9.55 Å². The zero-order chi connectivity index (χ0) is 11.5. The fourth-order valence-corrected chi connectivity index (χ4v) is 3.71. The smallest absolute Gasteiger partial charge is 0.251 e. The van der Waals surface area contributed by atoms with Gasteiger partial charge in [0, 0.05) is 23.6 Å². The molecule has 16 heavy (non-hydrogen) atoms. The summed E-state index contributed by atoms with van der Waals surface area (Å²) in [5.74, 6) is 1.18. The Kier molecular flexibility index (Phi) is 3.86. The minimum atomic E-state index is -0.112. The van der Waals surface area contributed by atoms with Gasteiger partial charge in [-0.15, -0.1) is 0 Å². The van der Waals surface area contributed by atoms with Gasteiger partial charge in [0.15, 0.2) is 4.77 Å². The Balaban J connectivity index is 2.14. The van der Waals surface area contributed by atoms with E-state index >= 15 is 0 Å². The van der Waals surface area contributed by atoms with Crippen LogP contribution in [0.1, 0.15) is 32.2 Å². The summed E-state index contributed by atoms with van der Waals surface area (Å²) in [6.45, 7) is 2.20. The molecule has 1 aliphatic rings. The lowest BCUT2D eigenvalue weighted by molar-refractivity contribution is 0.502. The van der Waals surface area contributed by atoms with E-state index in [-0.39, 0.29) is 5.56 Å². The van der Waals surface area contributed by atoms with Gasteiger partial charge in [0.05, 0.1) is 0 Å². The number of nitrogens with one attached hydrogen (secondary N) is 1. The van der Waals surface area contributed by atoms with Crippen molar-refractivity contribution < 1.29 is 0 Å². The van der Waals surface area contributed by atoms with Gasteiger partial charge >= 0.3 is 0 Å². The van der Waals surface area contributed by atoms with Gasteiger partial charge in [0.25, 0.3) is 5.56 Å². The second-order valence-corrected chi connectivity index (χ2v) is 6.03. The highest BCUT2D eigenvalue weighted by atomic mass is 32.2. The molecule has 88 valence electrons. The molecule has 0 spiro atoms. The van der Waals surface area contributed by atoms with E-state index in [4.69, 9.17) is 12.2 Å². The van der Waals surface area contributed by atoms with Gasteiger partial charge in [0.2, 0.25) is 0 Å². The molecule has 2 unspecified atom stereocenters. The average molecular weight is 256 g/mol. The number of hydrogen-bond donors (Lipinski definition) is 1. The molecule has 0 radical (unpaired) electrons. The van der Waals surface area contributed by atoms with E-state index in [1.165, 1.54) is 18.6 Å². The van der Waals surface area contributed by atoms with Crippen LogP contribution >= 0.6 is 24.0 Å². The molecule has 0 bridgehead atoms. The predicted octanol–water partition coefficient (Wildman–Crippen LogP) is 2.75. The van der Waals surface area contributed by atoms with Crippen molar-refractivity contribution in [3.8, 4) is 0 Å². The van der Waals surface area contributed by atoms with E-state index in [2.05, 4.69) is 11.9 Å². The van der Waals surface area contributed by atoms with E-state index in [1.807, 2.05) is 22.5 Å². The predicted molar refractivity (Wildman–Crippen MR) is 70.7 cm³/mol. The van der Waals surface area contributed by atoms with E-state index in [1.54, 1.807) is 6.07 Å². The van der Waals surface area contributed by atoms with Gasteiger partial charge in [0.1, 0.15) is 0 Å². The number of aromatic nitrogens is 2. The molecular formula is C11H16N2OS2. The van der Waals surface area contributed by atoms with E-state index in [9.17, 15) is 4.79 Å². The largest absolute Gasteiger partial charge is 0.322 e. The number of thioether (sulfide) groups is 1. The van der Waals surface area contributed by atoms with Crippen LogP contribution in [0.25, 0.3) is 0 Å². The lowest BCUT2D eigenvalue weighted by atomic mass is 10.2. The highest BCUT2D eigenvalue weighted by molar-refractivity contribution is 7.99. The summed E-state index contributed by atoms with van der Waals surface area (Å²) in [4.78, 5) is 13.8. The monoisotopic (exact) mass is 256 g/mol. The molecule has 1 N–H and O–H groups in total. The molecule has 1 aromatic heterocycles. The van der Waals surface area contributed by atoms with Crippen LogP contribution in [0.4, 0.5) is 0 Å². The van der Waals surface area contributed by atoms with Crippen LogP contribution in [0.5, 0.6) is 0 Å². The number of rotatable bonds is 3. The molecule has 1 aromatic rings. The Bertz CT molecular complexity index is 466. The fourth-order valence-electron chi connectivity index (χ4n) is 2.27. The minimum absolute atomic E-state index is 0.112. The van der Waals surface area contributed by atoms with E-state index in [0.29, 0.717) is 10.8 Å². The van der Waals surface area contributed by atoms with Crippen LogP contribution in [-0.4, -0.2) is 20.6 Å². The van der Waals surface area contributed by atoms with E-state index in [0.717, 1.165) is 11.7 Å². The SMILES string of the molecule is CCSC1CCC(n2ccc(=O)[nH]c2=S)C1. The first kappa shape index (κ1) is 11.9. The Morgan fingerprint density at radius 3 is 3.12 bits per heavy atom. The van der Waals surface area contributed by atoms with Crippen LogP contribution in [0.15, 0.2) is 17.1 Å². The number of nitrogens with zero attached hydrogens (tertiary/aromatic N) is 1. The zero-order valence-corrected chi connectivity index (χ0v) is 10.9. The maximum absolute atomic E-state index is 11.1. The highest BCUT2D eigenvalue weighted by Gasteiger charge is 2.25. The van der Waals surface area contributed by atoms with Crippen LogP contribution < -0.4 is 5.56 Å². The molecule has 1 aliphatic carbocycles. The Morgan fingerprint density at radius 2 is 2.44 bits per heavy atom. The molecule has 1 fully saturated rings. The van der Waals surface area contributed by atoms with Gasteiger partial charge in [-0.3, -0.25) is 9.78 Å². The van der Waals surface area contributed by atoms with Crippen molar-refractivity contribution in [1.29, 1.82) is 0 Å². The van der Waals surface area contributed by atoms with Gasteiger partial charge in [-0.2, -0.15) is 11.8 Å². The van der Waals surface area contributed by atoms with Crippen molar-refractivity contribution in [2.24, 2.45) is 0 Å². The molecule has 0 amide bonds. The summed E-state index contributed by atoms with van der Waals surface area (Å²) < 4.78 is 2.59. The van der Waals surface area contributed by atoms with E-state index < -0.39 is 0 Å². The number of aromatic amines is 1. The fraction of sp³-hybridized carbons (Fsp3) is 0.636. The first-order valence-corrected chi connectivity index (χ1v) is 7.09. The number of hydrogen-bond acceptors (Lipinski definition) is 3. The Hall–Kier alpha value is -0.550. The summed E-state index contributed by atoms with van der Waals surface area (Å²) >= 11 is 7.21. The first-order chi connectivity index (χ1) is 7.70. The molecule has 1 heterocycles. The first-order valence-electron chi connectivity index (χ1n) is 5.63. The van der Waals surface area contributed by atoms with Crippen molar-refractivity contribution in [3.05, 3.63) is 27.4 Å². The Labute approximate surface area is 104 Å². The maximum atomic E-state index is 11.1. The second-order valence-electron chi connectivity index (χ2n) is 4.06. The molecule has 1 saturated carbocycles. The van der Waals surface area contributed by atoms with Gasteiger partial charge in [-0.05, 0) is 37.2 Å². The summed E-state index contributed by atoms with van der Waals surface area (Å²) in [5.41, 5.74) is -0.112. The molecule has 2 rings (SSSR count). The van der Waals surface area contributed by atoms with Crippen molar-refractivity contribution in [2.75, 3.05) is 5.75 Å². The molecule has 0 saturated heterocycles. The summed E-state index contributed by atoms with van der Waals surface area (Å²) in [6, 6.07) is 2.02. The van der Waals surface area contributed by atoms with Crippen LogP contribution in [0.3, 0.4) is 0 Å². The third kappa shape index (κ3) is 2.58. The average Bonchev–Trinajstić information content (AvgIpc) is 2.67. The van der Waals surface area contributed by atoms with Crippen molar-refractivity contribution in [2.45, 2.75) is 37.5 Å². The maximum Gasteiger partial charge on any atom is 0.251 e. The molecule has 0 aromatic carbocycles. The van der Waals surface area contributed by atoms with Gasteiger partial charge in [-0.25, -0.2) is 0 Å². The van der Waals surface area contributed by atoms with Crippen LogP contribution in [-0.2, 0) is 0 Å². The molecular weight excluding hydrogens is 240 g/mol. The van der Waals surface area contributed by atoms with Crippen LogP contribution in [0.2, 0.25) is 0 Å². The minimum Gasteiger partial charge on any atom is -0.322 e. The molecule has 2 atom stereocenters. The lowest BCUT2D eigenvalue weighted by Gasteiger charge is -2.14. The quantitative estimate of drug-likeness (QED) is 0.845. The van der Waals surface area contributed by atoms with Crippen LogP contribution in [0, 0.1) is 4.77 Å². The van der Waals surface area contributed by atoms with Gasteiger partial charge < -0.3 is 4.57 Å². The normalized spacial score (nSPS) is 24.8. The lowest BCUT2D eigenvalue weighted by Crippen LogP contribution is -2.14. The second kappa shape index (κ2) is 5.19. The third-order valence-electron chi connectivity index (χ3n) is 3.00. The van der Waals surface area contributed by atoms with Crippen molar-refractivity contribution >= 4 is 24.0 Å². The summed E-state index contributed by atoms with van der Waals surface area (Å²) in [5, 5.41) is 0.754. The standard InChI is InChI=1S/C11H16N2OS2/c1-2-16-9-4-3-8(7-9)13-6-5-10(14)12-11(13)15/h5-6,8-9H,2-4,7H2,1H3,(H,12,14,15). The summed E-state index contributed by atoms with van der Waals surface area (Å²) in [7, 11) is 0. The molecule has 5 heteroatoms. The Morgan fingerprint density at radius 1 is 1.62 bits per heavy atom. The van der Waals surface area contributed by atoms with Gasteiger partial charge in [-0.1, -0.05) is 6.92 Å².